The number of methoxy groups -OCH3 is 1. The van der Waals surface area contributed by atoms with Gasteiger partial charge in [-0.25, -0.2) is 4.98 Å². The summed E-state index contributed by atoms with van der Waals surface area (Å²) in [5.74, 6) is -0.00120. The Labute approximate surface area is 185 Å². The maximum atomic E-state index is 13.2. The van der Waals surface area contributed by atoms with Crippen molar-refractivity contribution in [3.8, 4) is 11.4 Å². The Hall–Kier alpha value is -4.13. The SMILES string of the molecule is COc1cccc(CN(CC(=O)O)C(=O)c2ccc3c(c2)nc(C)n3-c2ccccc2)c1. The zero-order valence-corrected chi connectivity index (χ0v) is 17.9. The number of aryl methyl sites for hydroxylation is 1. The van der Waals surface area contributed by atoms with E-state index in [1.807, 2.05) is 60.0 Å². The Balaban J connectivity index is 1.67. The van der Waals surface area contributed by atoms with Gasteiger partial charge in [-0.1, -0.05) is 30.3 Å². The first-order valence-electron chi connectivity index (χ1n) is 10.1. The van der Waals surface area contributed by atoms with Crippen LogP contribution in [0.25, 0.3) is 16.7 Å². The molecule has 7 nitrogen and oxygen atoms in total. The molecule has 0 aliphatic rings. The summed E-state index contributed by atoms with van der Waals surface area (Å²) in [6, 6.07) is 22.4. The highest BCUT2D eigenvalue weighted by molar-refractivity contribution is 5.98. The largest absolute Gasteiger partial charge is 0.497 e. The molecule has 0 atom stereocenters. The van der Waals surface area contributed by atoms with E-state index >= 15 is 0 Å². The fourth-order valence-electron chi connectivity index (χ4n) is 3.77. The molecule has 4 rings (SSSR count). The number of imidazole rings is 1. The Morgan fingerprint density at radius 3 is 2.53 bits per heavy atom. The van der Waals surface area contributed by atoms with Gasteiger partial charge in [0.15, 0.2) is 0 Å². The number of carboxylic acids is 1. The second kappa shape index (κ2) is 8.93. The molecule has 1 aromatic heterocycles. The van der Waals surface area contributed by atoms with Gasteiger partial charge in [0.2, 0.25) is 0 Å². The predicted molar refractivity (Wildman–Crippen MR) is 121 cm³/mol. The maximum Gasteiger partial charge on any atom is 0.323 e. The number of benzene rings is 3. The first-order chi connectivity index (χ1) is 15.5. The van der Waals surface area contributed by atoms with Gasteiger partial charge in [0.1, 0.15) is 18.1 Å². The molecule has 32 heavy (non-hydrogen) atoms. The van der Waals surface area contributed by atoms with E-state index in [1.165, 1.54) is 4.90 Å². The van der Waals surface area contributed by atoms with Crippen LogP contribution in [0.15, 0.2) is 72.8 Å². The highest BCUT2D eigenvalue weighted by Gasteiger charge is 2.21. The molecule has 0 unspecified atom stereocenters. The molecule has 0 aliphatic heterocycles. The van der Waals surface area contributed by atoms with E-state index in [2.05, 4.69) is 4.98 Å². The molecule has 162 valence electrons. The van der Waals surface area contributed by atoms with Crippen molar-refractivity contribution in [2.75, 3.05) is 13.7 Å². The molecular formula is C25H23N3O4. The minimum Gasteiger partial charge on any atom is -0.497 e. The Morgan fingerprint density at radius 2 is 1.81 bits per heavy atom. The summed E-state index contributed by atoms with van der Waals surface area (Å²) < 4.78 is 7.25. The smallest absolute Gasteiger partial charge is 0.323 e. The number of ether oxygens (including phenoxy) is 1. The fourth-order valence-corrected chi connectivity index (χ4v) is 3.77. The van der Waals surface area contributed by atoms with Gasteiger partial charge in [0.25, 0.3) is 5.91 Å². The topological polar surface area (TPSA) is 84.7 Å². The van der Waals surface area contributed by atoms with Gasteiger partial charge >= 0.3 is 5.97 Å². The molecule has 7 heteroatoms. The Kier molecular flexibility index (Phi) is 5.89. The van der Waals surface area contributed by atoms with Crippen molar-refractivity contribution < 1.29 is 19.4 Å². The molecule has 0 spiro atoms. The normalized spacial score (nSPS) is 10.8. The molecule has 0 saturated heterocycles. The highest BCUT2D eigenvalue weighted by Crippen LogP contribution is 2.23. The van der Waals surface area contributed by atoms with Crippen molar-refractivity contribution in [1.82, 2.24) is 14.5 Å². The van der Waals surface area contributed by atoms with Crippen LogP contribution in [0.5, 0.6) is 5.75 Å². The molecule has 1 amide bonds. The van der Waals surface area contributed by atoms with Crippen LogP contribution in [-0.4, -0.2) is 45.1 Å². The van der Waals surface area contributed by atoms with E-state index in [0.29, 0.717) is 16.8 Å². The third-order valence-electron chi connectivity index (χ3n) is 5.20. The van der Waals surface area contributed by atoms with Crippen LogP contribution < -0.4 is 4.74 Å². The van der Waals surface area contributed by atoms with Gasteiger partial charge < -0.3 is 14.7 Å². The first kappa shape index (κ1) is 21.1. The average molecular weight is 429 g/mol. The summed E-state index contributed by atoms with van der Waals surface area (Å²) in [5.41, 5.74) is 3.71. The molecule has 0 fully saturated rings. The summed E-state index contributed by atoms with van der Waals surface area (Å²) >= 11 is 0. The fraction of sp³-hybridized carbons (Fsp3) is 0.160. The quantitative estimate of drug-likeness (QED) is 0.479. The summed E-state index contributed by atoms with van der Waals surface area (Å²) in [6.07, 6.45) is 0. The number of para-hydroxylation sites is 1. The lowest BCUT2D eigenvalue weighted by Gasteiger charge is -2.21. The standard InChI is InChI=1S/C25H23N3O4/c1-17-26-22-14-19(11-12-23(22)28(17)20-8-4-3-5-9-20)25(31)27(16-24(29)30)15-18-7-6-10-21(13-18)32-2/h3-14H,15-16H2,1-2H3,(H,29,30). The van der Waals surface area contributed by atoms with E-state index in [-0.39, 0.29) is 12.5 Å². The molecule has 0 aliphatic carbocycles. The molecule has 0 saturated carbocycles. The molecule has 3 aromatic carbocycles. The minimum atomic E-state index is -1.08. The van der Waals surface area contributed by atoms with Gasteiger partial charge in [-0.05, 0) is 55.0 Å². The van der Waals surface area contributed by atoms with Crippen LogP contribution in [0, 0.1) is 6.92 Å². The molecule has 1 N–H and O–H groups in total. The van der Waals surface area contributed by atoms with Gasteiger partial charge in [0.05, 0.1) is 18.1 Å². The van der Waals surface area contributed by atoms with Crippen molar-refractivity contribution >= 4 is 22.9 Å². The number of carbonyl (C=O) groups is 2. The summed E-state index contributed by atoms with van der Waals surface area (Å²) in [6.45, 7) is 1.65. The van der Waals surface area contributed by atoms with Crippen LogP contribution >= 0.6 is 0 Å². The second-order valence-corrected chi connectivity index (χ2v) is 7.44. The van der Waals surface area contributed by atoms with Crippen molar-refractivity contribution in [1.29, 1.82) is 0 Å². The number of carbonyl (C=O) groups excluding carboxylic acids is 1. The van der Waals surface area contributed by atoms with Gasteiger partial charge in [0, 0.05) is 17.8 Å². The average Bonchev–Trinajstić information content (AvgIpc) is 3.13. The first-order valence-corrected chi connectivity index (χ1v) is 10.1. The van der Waals surface area contributed by atoms with E-state index < -0.39 is 12.5 Å². The summed E-state index contributed by atoms with van der Waals surface area (Å²) in [4.78, 5) is 30.6. The second-order valence-electron chi connectivity index (χ2n) is 7.44. The van der Waals surface area contributed by atoms with Crippen LogP contribution in [0.2, 0.25) is 0 Å². The Morgan fingerprint density at radius 1 is 1.03 bits per heavy atom. The molecule has 1 heterocycles. The zero-order chi connectivity index (χ0) is 22.7. The number of aromatic nitrogens is 2. The van der Waals surface area contributed by atoms with Crippen LogP contribution in [0.3, 0.4) is 0 Å². The number of carboxylic acid groups (broad SMARTS) is 1. The summed E-state index contributed by atoms with van der Waals surface area (Å²) in [7, 11) is 1.56. The lowest BCUT2D eigenvalue weighted by Crippen LogP contribution is -2.35. The number of amides is 1. The predicted octanol–water partition coefficient (Wildman–Crippen LogP) is 4.07. The number of rotatable bonds is 7. The molecule has 0 bridgehead atoms. The van der Waals surface area contributed by atoms with Crippen molar-refractivity contribution in [2.24, 2.45) is 0 Å². The zero-order valence-electron chi connectivity index (χ0n) is 17.9. The number of fused-ring (bicyclic) bond motifs is 1. The van der Waals surface area contributed by atoms with E-state index in [4.69, 9.17) is 4.74 Å². The number of hydrogen-bond acceptors (Lipinski definition) is 4. The van der Waals surface area contributed by atoms with Crippen LogP contribution in [-0.2, 0) is 11.3 Å². The van der Waals surface area contributed by atoms with Crippen molar-refractivity contribution in [2.45, 2.75) is 13.5 Å². The molecular weight excluding hydrogens is 406 g/mol. The maximum absolute atomic E-state index is 13.2. The molecule has 0 radical (unpaired) electrons. The lowest BCUT2D eigenvalue weighted by atomic mass is 10.1. The third kappa shape index (κ3) is 4.32. The summed E-state index contributed by atoms with van der Waals surface area (Å²) in [5, 5.41) is 9.36. The monoisotopic (exact) mass is 429 g/mol. The lowest BCUT2D eigenvalue weighted by molar-refractivity contribution is -0.137. The van der Waals surface area contributed by atoms with Gasteiger partial charge in [-0.15, -0.1) is 0 Å². The van der Waals surface area contributed by atoms with Gasteiger partial charge in [-0.3, -0.25) is 14.2 Å². The van der Waals surface area contributed by atoms with E-state index in [0.717, 1.165) is 22.6 Å². The van der Waals surface area contributed by atoms with Crippen LogP contribution in [0.4, 0.5) is 0 Å². The Bertz CT molecular complexity index is 1280. The molecule has 4 aromatic rings. The van der Waals surface area contributed by atoms with E-state index in [9.17, 15) is 14.7 Å². The minimum absolute atomic E-state index is 0.151. The van der Waals surface area contributed by atoms with Crippen LogP contribution in [0.1, 0.15) is 21.7 Å². The van der Waals surface area contributed by atoms with Gasteiger partial charge in [-0.2, -0.15) is 0 Å². The number of aliphatic carboxylic acids is 1. The highest BCUT2D eigenvalue weighted by atomic mass is 16.5. The van der Waals surface area contributed by atoms with E-state index in [1.54, 1.807) is 31.4 Å². The van der Waals surface area contributed by atoms with Crippen molar-refractivity contribution in [3.05, 3.63) is 89.7 Å². The number of nitrogens with zero attached hydrogens (tertiary/aromatic N) is 3. The number of hydrogen-bond donors (Lipinski definition) is 1. The third-order valence-corrected chi connectivity index (χ3v) is 5.20. The van der Waals surface area contributed by atoms with Crippen molar-refractivity contribution in [3.63, 3.8) is 0 Å².